The fraction of sp³-hybridized carbons (Fsp3) is 0.381. The van der Waals surface area contributed by atoms with Crippen LogP contribution < -0.4 is 29.1 Å². The minimum atomic E-state index is -2.31. The molecule has 43 heteroatoms. The number of aliphatic hydroxyl groups is 17. The number of carboxylic acids is 1. The van der Waals surface area contributed by atoms with E-state index in [1.807, 2.05) is 0 Å². The average molecular weight is 1790 g/mol. The molecule has 12 rings (SSSR count). The van der Waals surface area contributed by atoms with Crippen molar-refractivity contribution in [3.63, 3.8) is 0 Å². The maximum Gasteiger partial charge on any atom is 0.330 e. The molecule has 6 heterocycles. The largest absolute Gasteiger partial charge is 0.508 e. The van der Waals surface area contributed by atoms with Crippen LogP contribution >= 0.6 is 0 Å². The maximum atomic E-state index is 13.5. The second-order valence-electron chi connectivity index (χ2n) is 29.3. The Kier molecular flexibility index (Phi) is 31.3. The Bertz CT molecular complexity index is 5020. The molecule has 4 aromatic carbocycles. The van der Waals surface area contributed by atoms with Gasteiger partial charge in [-0.1, -0.05) is 54.6 Å². The highest BCUT2D eigenvalue weighted by atomic mass is 16.8. The standard InChI is InChI=1S/C84H88O43/c85-41-13-1-36(2-14-41)9-21-58(91)112-31-52-64(97)69(102)74(107)80(123-52)117-44-17-5-38(6-18-44)11-23-60(93)114-33-54-66(99)71(104)76(109)82(125-54)120-49-25-40(79-51(29-46-47(88)27-43(87)28-48(46)119-79)122-84-78(111)73(106)68(101)56(127-84)35-116-62(95)30-57(89)90)26-50(63(49)96)121-83-77(110)72(105)67(100)55(126-83)34-115-61(94)24-12-39-7-19-45(20-8-39)118-81-75(108)70(103)65(98)53(124-81)32-113-59(92)22-10-37-3-15-42(86)16-4-37/h1-29,52-56,58,64-78,80-85,87,91-92,96-111H,30-35H2,(H,89,90). The number of ether oxygens (including phenoxy) is 15. The fourth-order valence-electron chi connectivity index (χ4n) is 13.2. The van der Waals surface area contributed by atoms with Crippen LogP contribution in [0.1, 0.15) is 23.1 Å². The molecule has 0 bridgehead atoms. The van der Waals surface area contributed by atoms with Crippen molar-refractivity contribution in [2.75, 3.05) is 33.0 Å². The number of rotatable bonds is 32. The van der Waals surface area contributed by atoms with Crippen LogP contribution in [0.4, 0.5) is 0 Å². The number of aromatic hydroxyl groups is 3. The molecule has 5 saturated heterocycles. The molecule has 8 aliphatic rings. The zero-order chi connectivity index (χ0) is 91.4. The summed E-state index contributed by atoms with van der Waals surface area (Å²) in [5.41, 5.74) is -0.0423. The summed E-state index contributed by atoms with van der Waals surface area (Å²) < 4.78 is 90.8. The van der Waals surface area contributed by atoms with Gasteiger partial charge in [0.25, 0.3) is 5.95 Å². The predicted octanol–water partition coefficient (Wildman–Crippen LogP) is -2.92. The van der Waals surface area contributed by atoms with E-state index in [1.54, 1.807) is 12.1 Å². The quantitative estimate of drug-likeness (QED) is 0.00502. The molecule has 6 aliphatic heterocycles. The number of allylic oxidation sites excluding steroid dienone is 7. The molecule has 0 aromatic heterocycles. The van der Waals surface area contributed by atoms with Crippen molar-refractivity contribution in [1.82, 2.24) is 0 Å². The molecule has 127 heavy (non-hydrogen) atoms. The Morgan fingerprint density at radius 1 is 0.409 bits per heavy atom. The number of ketones is 1. The summed E-state index contributed by atoms with van der Waals surface area (Å²) in [7, 11) is 0. The normalized spacial score (nSPS) is 30.7. The third-order valence-corrected chi connectivity index (χ3v) is 20.2. The lowest BCUT2D eigenvalue weighted by molar-refractivity contribution is -0.284. The highest BCUT2D eigenvalue weighted by Crippen LogP contribution is 2.48. The molecule has 0 saturated carbocycles. The second kappa shape index (κ2) is 42.2. The highest BCUT2D eigenvalue weighted by Gasteiger charge is 2.51. The van der Waals surface area contributed by atoms with E-state index in [4.69, 9.17) is 80.6 Å². The number of benzene rings is 5. The van der Waals surface area contributed by atoms with Crippen molar-refractivity contribution in [3.05, 3.63) is 196 Å². The number of phenols is 3. The zero-order valence-electron chi connectivity index (χ0n) is 65.9. The van der Waals surface area contributed by atoms with E-state index in [-0.39, 0.29) is 23.0 Å². The van der Waals surface area contributed by atoms with E-state index >= 15 is 0 Å². The van der Waals surface area contributed by atoms with Crippen molar-refractivity contribution < 1.29 is 207 Å². The number of aliphatic hydroxyl groups excluding tert-OH is 17. The molecule has 2 aliphatic carbocycles. The number of phenolic OH excluding ortho intramolecular Hbond substituents is 3. The first-order valence-corrected chi connectivity index (χ1v) is 38.7. The van der Waals surface area contributed by atoms with Gasteiger partial charge in [-0.3, -0.25) is 19.2 Å². The van der Waals surface area contributed by atoms with Crippen molar-refractivity contribution in [1.29, 1.82) is 0 Å². The molecule has 26 atom stereocenters. The number of carboxylic acid groups (broad SMARTS) is 1. The Morgan fingerprint density at radius 2 is 0.803 bits per heavy atom. The first-order valence-electron chi connectivity index (χ1n) is 38.7. The molecule has 5 fully saturated rings. The van der Waals surface area contributed by atoms with Gasteiger partial charge in [0.2, 0.25) is 37.2 Å². The number of fused-ring (bicyclic) bond motifs is 1. The number of esters is 3. The highest BCUT2D eigenvalue weighted by molar-refractivity contribution is 6.01. The number of hydrogen-bond acceptors (Lipinski definition) is 42. The molecule has 21 N–H and O–H groups in total. The van der Waals surface area contributed by atoms with Gasteiger partial charge >= 0.3 is 23.9 Å². The number of aliphatic carboxylic acids is 1. The number of hydrogen-bond donors (Lipinski definition) is 21. The average Bonchev–Trinajstić information content (AvgIpc) is 0.759. The number of carbonyl (C=O) groups is 5. The molecule has 682 valence electrons. The number of carbonyl (C=O) groups excluding carboxylic acids is 4. The van der Waals surface area contributed by atoms with Gasteiger partial charge in [-0.05, 0) is 113 Å². The van der Waals surface area contributed by atoms with Gasteiger partial charge in [-0.2, -0.15) is 0 Å². The van der Waals surface area contributed by atoms with Gasteiger partial charge in [0.15, 0.2) is 40.5 Å². The Hall–Kier alpha value is -11.8. The van der Waals surface area contributed by atoms with E-state index < -0.39 is 286 Å². The topological polar surface area (TPSA) is 679 Å². The summed E-state index contributed by atoms with van der Waals surface area (Å²) in [5, 5.41) is 228. The zero-order valence-corrected chi connectivity index (χ0v) is 65.9. The summed E-state index contributed by atoms with van der Waals surface area (Å²) in [4.78, 5) is 75.1. The van der Waals surface area contributed by atoms with Gasteiger partial charge in [0, 0.05) is 35.9 Å². The molecular formula is C84H88O43. The summed E-state index contributed by atoms with van der Waals surface area (Å²) in [6, 6.07) is 21.5. The SMILES string of the molecule is O=C1C=CC(=CC=C(O)OCC2OC(Oc3ccc(C=CC(=O)OCC4OC(Oc5cc(-c6oc7cc(O)cc(=O)c-7cc6OC6OC(COC(=O)CC(=O)O)C(O)C(O)C6O)cc(OC6OC(COC(=O)C=Cc7ccc(OC8OC(COC(O)C=Cc9ccc(O)cc9)C(O)C(O)C8O)cc7)C(O)C(O)C6O)c5O)C(O)C(O)C4O)cc3)C(O)C(O)C2O)C=C1. The van der Waals surface area contributed by atoms with Crippen LogP contribution in [-0.4, -0.2) is 330 Å². The molecule has 0 radical (unpaired) electrons. The second-order valence-corrected chi connectivity index (χ2v) is 29.3. The maximum absolute atomic E-state index is 13.5. The van der Waals surface area contributed by atoms with E-state index in [1.165, 1.54) is 115 Å². The molecule has 43 nitrogen and oxygen atoms in total. The summed E-state index contributed by atoms with van der Waals surface area (Å²) in [5.74, 6) is -11.4. The summed E-state index contributed by atoms with van der Waals surface area (Å²) in [6.45, 7) is -3.82. The van der Waals surface area contributed by atoms with E-state index in [2.05, 4.69) is 0 Å². The van der Waals surface area contributed by atoms with Gasteiger partial charge in [0.05, 0.1) is 12.2 Å². The van der Waals surface area contributed by atoms with Crippen LogP contribution in [0, 0.1) is 0 Å². The van der Waals surface area contributed by atoms with Crippen molar-refractivity contribution >= 4 is 47.9 Å². The molecular weight excluding hydrogens is 1700 g/mol. The molecule has 4 aromatic rings. The first kappa shape index (κ1) is 94.3. The Labute approximate surface area is 716 Å². The lowest BCUT2D eigenvalue weighted by Crippen LogP contribution is -2.60. The minimum absolute atomic E-state index is 0.0246. The minimum Gasteiger partial charge on any atom is -0.508 e. The van der Waals surface area contributed by atoms with Gasteiger partial charge in [0.1, 0.15) is 184 Å². The predicted molar refractivity (Wildman–Crippen MR) is 420 cm³/mol. The Morgan fingerprint density at radius 3 is 1.24 bits per heavy atom. The molecule has 26 unspecified atom stereocenters. The lowest BCUT2D eigenvalue weighted by Gasteiger charge is -2.40. The van der Waals surface area contributed by atoms with E-state index in [0.29, 0.717) is 22.3 Å². The van der Waals surface area contributed by atoms with E-state index in [9.17, 15) is 131 Å². The van der Waals surface area contributed by atoms with Crippen LogP contribution in [0.5, 0.6) is 46.0 Å². The third-order valence-electron chi connectivity index (χ3n) is 20.2. The summed E-state index contributed by atoms with van der Waals surface area (Å²) >= 11 is 0. The van der Waals surface area contributed by atoms with Crippen LogP contribution in [0.2, 0.25) is 0 Å². The van der Waals surface area contributed by atoms with Crippen LogP contribution in [-0.2, 0) is 71.3 Å². The first-order chi connectivity index (χ1) is 60.5. The van der Waals surface area contributed by atoms with Gasteiger partial charge < -0.3 is 183 Å². The van der Waals surface area contributed by atoms with Crippen molar-refractivity contribution in [2.24, 2.45) is 0 Å². The van der Waals surface area contributed by atoms with Gasteiger partial charge in [-0.15, -0.1) is 0 Å². The third kappa shape index (κ3) is 23.9. The van der Waals surface area contributed by atoms with Crippen LogP contribution in [0.25, 0.3) is 40.9 Å². The van der Waals surface area contributed by atoms with Gasteiger partial charge in [-0.25, -0.2) is 9.59 Å². The van der Waals surface area contributed by atoms with Crippen molar-refractivity contribution in [2.45, 2.75) is 166 Å². The van der Waals surface area contributed by atoms with Crippen LogP contribution in [0.3, 0.4) is 0 Å². The molecule has 0 spiro atoms. The fourth-order valence-corrected chi connectivity index (χ4v) is 13.2. The van der Waals surface area contributed by atoms with Crippen molar-refractivity contribution in [3.8, 4) is 68.6 Å². The smallest absolute Gasteiger partial charge is 0.330 e. The van der Waals surface area contributed by atoms with Crippen LogP contribution in [0.15, 0.2) is 179 Å². The Balaban J connectivity index is 0.742. The summed E-state index contributed by atoms with van der Waals surface area (Å²) in [6.07, 6.45) is -35.7. The lowest BCUT2D eigenvalue weighted by atomic mass is 9.99. The monoisotopic (exact) mass is 1780 g/mol. The molecule has 0 amide bonds. The van der Waals surface area contributed by atoms with E-state index in [0.717, 1.165) is 48.6 Å².